The number of nitrogens with one attached hydrogen (secondary N) is 1. The third-order valence-corrected chi connectivity index (χ3v) is 8.67. The largest absolute Gasteiger partial charge is 0.457 e. The molecule has 2 aromatic carbocycles. The molecule has 0 saturated carbocycles. The van der Waals surface area contributed by atoms with Crippen molar-refractivity contribution in [3.63, 3.8) is 0 Å². The lowest BCUT2D eigenvalue weighted by molar-refractivity contribution is -0.132. The number of hydrogen-bond acceptors (Lipinski definition) is 6. The summed E-state index contributed by atoms with van der Waals surface area (Å²) in [6, 6.07) is 17.3. The molecular formula is C33H38N6O3. The average Bonchev–Trinajstić information content (AvgIpc) is 3.42. The molecule has 1 aliphatic carbocycles. The van der Waals surface area contributed by atoms with E-state index in [2.05, 4.69) is 11.4 Å². The van der Waals surface area contributed by atoms with Crippen molar-refractivity contribution in [3.8, 4) is 22.8 Å². The molecule has 1 fully saturated rings. The SMILES string of the molecule is NC(=O)c1c(-c2ccc(Oc3ccccc3)cc2)nn2c1NCC[C@H]2C1CCN(C(=O)CCC2=CC=C(N)CC2)CC1. The van der Waals surface area contributed by atoms with Crippen LogP contribution in [0.4, 0.5) is 5.82 Å². The lowest BCUT2D eigenvalue weighted by Crippen LogP contribution is -2.41. The molecule has 3 aliphatic rings. The van der Waals surface area contributed by atoms with Gasteiger partial charge in [-0.25, -0.2) is 4.68 Å². The number of aromatic nitrogens is 2. The smallest absolute Gasteiger partial charge is 0.254 e. The summed E-state index contributed by atoms with van der Waals surface area (Å²) in [5, 5.41) is 8.35. The Kier molecular flexibility index (Phi) is 7.99. The molecular weight excluding hydrogens is 528 g/mol. The summed E-state index contributed by atoms with van der Waals surface area (Å²) in [6.07, 6.45) is 9.91. The van der Waals surface area contributed by atoms with Gasteiger partial charge in [0.15, 0.2) is 0 Å². The van der Waals surface area contributed by atoms with Crippen LogP contribution < -0.4 is 21.5 Å². The molecule has 9 heteroatoms. The van der Waals surface area contributed by atoms with Crippen LogP contribution in [0.3, 0.4) is 0 Å². The number of amides is 2. The number of anilines is 1. The number of allylic oxidation sites excluding steroid dienone is 4. The number of nitrogens with two attached hydrogens (primary N) is 2. The number of likely N-dealkylation sites (tertiary alicyclic amines) is 1. The van der Waals surface area contributed by atoms with Crippen LogP contribution in [0, 0.1) is 5.92 Å². The minimum atomic E-state index is -0.504. The minimum absolute atomic E-state index is 0.135. The number of fused-ring (bicyclic) bond motifs is 1. The molecule has 2 aliphatic heterocycles. The second kappa shape index (κ2) is 12.1. The third-order valence-electron chi connectivity index (χ3n) is 8.67. The number of hydrogen-bond donors (Lipinski definition) is 3. The van der Waals surface area contributed by atoms with Gasteiger partial charge in [0.2, 0.25) is 5.91 Å². The number of benzene rings is 2. The highest BCUT2D eigenvalue weighted by Crippen LogP contribution is 2.40. The maximum Gasteiger partial charge on any atom is 0.254 e. The van der Waals surface area contributed by atoms with Crippen molar-refractivity contribution < 1.29 is 14.3 Å². The maximum absolute atomic E-state index is 13.0. The molecule has 3 aromatic rings. The summed E-state index contributed by atoms with van der Waals surface area (Å²) in [5.41, 5.74) is 15.8. The monoisotopic (exact) mass is 566 g/mol. The summed E-state index contributed by atoms with van der Waals surface area (Å²) < 4.78 is 7.91. The number of rotatable bonds is 8. The Hall–Kier alpha value is -4.53. The molecule has 218 valence electrons. The number of carbonyl (C=O) groups excluding carboxylic acids is 2. The third kappa shape index (κ3) is 5.91. The van der Waals surface area contributed by atoms with Gasteiger partial charge in [-0.15, -0.1) is 0 Å². The Balaban J connectivity index is 1.14. The van der Waals surface area contributed by atoms with E-state index >= 15 is 0 Å². The molecule has 0 radical (unpaired) electrons. The molecule has 6 rings (SSSR count). The maximum atomic E-state index is 13.0. The molecule has 3 heterocycles. The number of primary amides is 1. The van der Waals surface area contributed by atoms with Crippen LogP contribution in [0.5, 0.6) is 11.5 Å². The number of para-hydroxylation sites is 1. The van der Waals surface area contributed by atoms with Gasteiger partial charge >= 0.3 is 0 Å². The van der Waals surface area contributed by atoms with Crippen molar-refractivity contribution in [2.75, 3.05) is 25.0 Å². The van der Waals surface area contributed by atoms with E-state index in [4.69, 9.17) is 21.3 Å². The van der Waals surface area contributed by atoms with E-state index in [1.54, 1.807) is 0 Å². The first-order chi connectivity index (χ1) is 20.5. The molecule has 0 unspecified atom stereocenters. The highest BCUT2D eigenvalue weighted by Gasteiger charge is 2.36. The van der Waals surface area contributed by atoms with E-state index in [0.717, 1.165) is 75.2 Å². The Morgan fingerprint density at radius 1 is 0.952 bits per heavy atom. The summed E-state index contributed by atoms with van der Waals surface area (Å²) >= 11 is 0. The highest BCUT2D eigenvalue weighted by molar-refractivity contribution is 6.03. The zero-order valence-corrected chi connectivity index (χ0v) is 23.8. The molecule has 0 spiro atoms. The Bertz CT molecular complexity index is 1500. The van der Waals surface area contributed by atoms with Crippen molar-refractivity contribution in [1.82, 2.24) is 14.7 Å². The first kappa shape index (κ1) is 27.6. The van der Waals surface area contributed by atoms with Crippen molar-refractivity contribution in [1.29, 1.82) is 0 Å². The molecule has 2 amide bonds. The van der Waals surface area contributed by atoms with Crippen LogP contribution in [0.15, 0.2) is 78.0 Å². The van der Waals surface area contributed by atoms with Gasteiger partial charge in [-0.2, -0.15) is 5.10 Å². The number of nitrogens with zero attached hydrogens (tertiary/aromatic N) is 3. The number of piperidine rings is 1. The zero-order chi connectivity index (χ0) is 29.1. The first-order valence-corrected chi connectivity index (χ1v) is 14.9. The van der Waals surface area contributed by atoms with Gasteiger partial charge in [0.25, 0.3) is 5.91 Å². The standard InChI is InChI=1S/C33H38N6O3/c34-25-11-6-22(7-12-25)8-15-29(40)38-20-17-23(18-21-38)28-16-19-36-33-30(32(35)41)31(37-39(28)33)24-9-13-27(14-10-24)42-26-4-2-1-3-5-26/h1-6,9-11,13-14,23,28,36H,7-8,12,15-21,34H2,(H2,35,41)/t28-/m0/s1. The van der Waals surface area contributed by atoms with Gasteiger partial charge in [0.05, 0.1) is 6.04 Å². The van der Waals surface area contributed by atoms with Gasteiger partial charge in [0.1, 0.15) is 28.6 Å². The van der Waals surface area contributed by atoms with Crippen LogP contribution in [0.25, 0.3) is 11.3 Å². The second-order valence-corrected chi connectivity index (χ2v) is 11.4. The van der Waals surface area contributed by atoms with Gasteiger partial charge in [-0.05, 0) is 86.9 Å². The van der Waals surface area contributed by atoms with E-state index in [0.29, 0.717) is 35.2 Å². The van der Waals surface area contributed by atoms with Crippen LogP contribution in [-0.4, -0.2) is 46.1 Å². The van der Waals surface area contributed by atoms with Gasteiger partial charge < -0.3 is 26.4 Å². The zero-order valence-electron chi connectivity index (χ0n) is 23.8. The quantitative estimate of drug-likeness (QED) is 0.336. The molecule has 1 aromatic heterocycles. The molecule has 0 bridgehead atoms. The fraction of sp³-hybridized carbons (Fsp3) is 0.364. The molecule has 9 nitrogen and oxygen atoms in total. The van der Waals surface area contributed by atoms with E-state index in [1.165, 1.54) is 5.57 Å². The second-order valence-electron chi connectivity index (χ2n) is 11.4. The summed E-state index contributed by atoms with van der Waals surface area (Å²) in [5.74, 6) is 2.22. The fourth-order valence-corrected chi connectivity index (χ4v) is 6.34. The fourth-order valence-electron chi connectivity index (χ4n) is 6.34. The van der Waals surface area contributed by atoms with Gasteiger partial charge in [-0.3, -0.25) is 9.59 Å². The van der Waals surface area contributed by atoms with E-state index in [9.17, 15) is 9.59 Å². The minimum Gasteiger partial charge on any atom is -0.457 e. The van der Waals surface area contributed by atoms with E-state index < -0.39 is 5.91 Å². The van der Waals surface area contributed by atoms with E-state index in [1.807, 2.05) is 70.3 Å². The van der Waals surface area contributed by atoms with Crippen molar-refractivity contribution in [2.24, 2.45) is 17.4 Å². The Morgan fingerprint density at radius 3 is 2.38 bits per heavy atom. The van der Waals surface area contributed by atoms with Crippen LogP contribution in [0.1, 0.15) is 61.3 Å². The van der Waals surface area contributed by atoms with Crippen molar-refractivity contribution in [3.05, 3.63) is 83.6 Å². The van der Waals surface area contributed by atoms with Crippen molar-refractivity contribution in [2.45, 2.75) is 51.0 Å². The summed E-state index contributed by atoms with van der Waals surface area (Å²) in [6.45, 7) is 2.23. The molecule has 42 heavy (non-hydrogen) atoms. The lowest BCUT2D eigenvalue weighted by atomic mass is 9.86. The summed E-state index contributed by atoms with van der Waals surface area (Å²) in [4.78, 5) is 27.6. The van der Waals surface area contributed by atoms with Crippen LogP contribution in [0.2, 0.25) is 0 Å². The predicted octanol–water partition coefficient (Wildman–Crippen LogP) is 5.38. The average molecular weight is 567 g/mol. The van der Waals surface area contributed by atoms with Gasteiger partial charge in [0, 0.05) is 37.3 Å². The topological polar surface area (TPSA) is 129 Å². The molecule has 1 saturated heterocycles. The number of carbonyl (C=O) groups is 2. The molecule has 5 N–H and O–H groups in total. The van der Waals surface area contributed by atoms with Gasteiger partial charge in [-0.1, -0.05) is 29.8 Å². The van der Waals surface area contributed by atoms with Crippen molar-refractivity contribution >= 4 is 17.6 Å². The Labute approximate surface area is 246 Å². The van der Waals surface area contributed by atoms with Crippen LogP contribution >= 0.6 is 0 Å². The molecule has 1 atom stereocenters. The predicted molar refractivity (Wildman–Crippen MR) is 163 cm³/mol. The lowest BCUT2D eigenvalue weighted by Gasteiger charge is -2.38. The summed E-state index contributed by atoms with van der Waals surface area (Å²) in [7, 11) is 0. The normalized spacial score (nSPS) is 18.9. The number of ether oxygens (including phenoxy) is 1. The Morgan fingerprint density at radius 2 is 1.69 bits per heavy atom. The van der Waals surface area contributed by atoms with Crippen LogP contribution in [-0.2, 0) is 4.79 Å². The van der Waals surface area contributed by atoms with E-state index in [-0.39, 0.29) is 11.9 Å². The first-order valence-electron chi connectivity index (χ1n) is 14.9. The highest BCUT2D eigenvalue weighted by atomic mass is 16.5.